The van der Waals surface area contributed by atoms with E-state index in [2.05, 4.69) is 0 Å². The molecule has 3 atom stereocenters. The summed E-state index contributed by atoms with van der Waals surface area (Å²) >= 11 is 0. The fourth-order valence-electron chi connectivity index (χ4n) is 5.37. The lowest BCUT2D eigenvalue weighted by atomic mass is 9.76. The maximum absolute atomic E-state index is 14.0. The number of carbonyl (C=O) groups excluding carboxylic acids is 3. The van der Waals surface area contributed by atoms with Crippen molar-refractivity contribution in [2.24, 2.45) is 5.92 Å². The Labute approximate surface area is 217 Å². The van der Waals surface area contributed by atoms with Crippen LogP contribution in [0.15, 0.2) is 109 Å². The van der Waals surface area contributed by atoms with Gasteiger partial charge < -0.3 is 0 Å². The SMILES string of the molecule is O=C(C[C@@H]1c2ccccc2[C@@H](C(=O)c2ccc(C(F)(F)F)cc2)[C@@H]1C(=O)c1ccccc1)c1ccccc1. The number of hydrogen-bond donors (Lipinski definition) is 0. The topological polar surface area (TPSA) is 51.2 Å². The van der Waals surface area contributed by atoms with Gasteiger partial charge in [-0.15, -0.1) is 0 Å². The van der Waals surface area contributed by atoms with E-state index < -0.39 is 35.3 Å². The van der Waals surface area contributed by atoms with Crippen LogP contribution in [0.25, 0.3) is 0 Å². The standard InChI is InChI=1S/C32H23F3O3/c33-32(34,35)23-17-15-22(16-18-23)31(38)28-25-14-8-7-13-24(25)26(19-27(36)20-9-3-1-4-10-20)29(28)30(37)21-11-5-2-6-12-21/h1-18,26,28-29H,19H2/t26-,28-,29-/m1/s1. The number of carbonyl (C=O) groups is 3. The fourth-order valence-corrected chi connectivity index (χ4v) is 5.37. The van der Waals surface area contributed by atoms with E-state index in [4.69, 9.17) is 0 Å². The number of Topliss-reactive ketones (excluding diaryl/α,β-unsaturated/α-hetero) is 3. The summed E-state index contributed by atoms with van der Waals surface area (Å²) in [5.41, 5.74) is 1.50. The zero-order valence-corrected chi connectivity index (χ0v) is 20.2. The van der Waals surface area contributed by atoms with Gasteiger partial charge in [0.15, 0.2) is 17.3 Å². The molecule has 0 aliphatic heterocycles. The van der Waals surface area contributed by atoms with E-state index >= 15 is 0 Å². The van der Waals surface area contributed by atoms with Gasteiger partial charge in [-0.1, -0.05) is 97.1 Å². The minimum absolute atomic E-state index is 0.0149. The number of rotatable bonds is 7. The van der Waals surface area contributed by atoms with Gasteiger partial charge in [0.05, 0.1) is 11.5 Å². The number of benzene rings is 4. The molecule has 190 valence electrons. The number of ketones is 3. The Morgan fingerprint density at radius 1 is 0.579 bits per heavy atom. The van der Waals surface area contributed by atoms with Gasteiger partial charge in [-0.25, -0.2) is 0 Å². The summed E-state index contributed by atoms with van der Waals surface area (Å²) in [4.78, 5) is 41.2. The van der Waals surface area contributed by atoms with Crippen molar-refractivity contribution in [3.8, 4) is 0 Å². The average Bonchev–Trinajstić information content (AvgIpc) is 3.26. The minimum atomic E-state index is -4.53. The zero-order valence-electron chi connectivity index (χ0n) is 20.2. The largest absolute Gasteiger partial charge is 0.416 e. The van der Waals surface area contributed by atoms with Crippen molar-refractivity contribution in [1.82, 2.24) is 0 Å². The summed E-state index contributed by atoms with van der Waals surface area (Å²) in [6, 6.07) is 28.5. The molecule has 6 heteroatoms. The van der Waals surface area contributed by atoms with Crippen LogP contribution >= 0.6 is 0 Å². The maximum atomic E-state index is 14.0. The lowest BCUT2D eigenvalue weighted by Gasteiger charge is -2.24. The van der Waals surface area contributed by atoms with Gasteiger partial charge in [-0.05, 0) is 23.3 Å². The van der Waals surface area contributed by atoms with Crippen LogP contribution in [0.4, 0.5) is 13.2 Å². The third-order valence-electron chi connectivity index (χ3n) is 7.16. The normalized spacial score (nSPS) is 18.6. The van der Waals surface area contributed by atoms with Gasteiger partial charge >= 0.3 is 6.18 Å². The summed E-state index contributed by atoms with van der Waals surface area (Å²) < 4.78 is 39.4. The van der Waals surface area contributed by atoms with Crippen molar-refractivity contribution in [1.29, 1.82) is 0 Å². The van der Waals surface area contributed by atoms with Gasteiger partial charge in [0, 0.05) is 34.9 Å². The summed E-state index contributed by atoms with van der Waals surface area (Å²) in [7, 11) is 0. The molecule has 0 spiro atoms. The molecule has 1 aliphatic rings. The minimum Gasteiger partial charge on any atom is -0.294 e. The molecule has 4 aromatic rings. The van der Waals surface area contributed by atoms with Crippen LogP contribution in [0.1, 0.15) is 66.0 Å². The van der Waals surface area contributed by atoms with Crippen molar-refractivity contribution in [2.75, 3.05) is 0 Å². The summed E-state index contributed by atoms with van der Waals surface area (Å²) in [6.07, 6.45) is -4.52. The molecule has 0 amide bonds. The van der Waals surface area contributed by atoms with E-state index in [9.17, 15) is 27.6 Å². The highest BCUT2D eigenvalue weighted by Crippen LogP contribution is 2.51. The first-order valence-electron chi connectivity index (χ1n) is 12.2. The van der Waals surface area contributed by atoms with Crippen molar-refractivity contribution in [3.05, 3.63) is 143 Å². The molecule has 0 aromatic heterocycles. The molecule has 0 N–H and O–H groups in total. The van der Waals surface area contributed by atoms with Gasteiger partial charge in [0.2, 0.25) is 0 Å². The Balaban J connectivity index is 1.59. The highest BCUT2D eigenvalue weighted by atomic mass is 19.4. The second-order valence-corrected chi connectivity index (χ2v) is 9.40. The maximum Gasteiger partial charge on any atom is 0.416 e. The molecule has 38 heavy (non-hydrogen) atoms. The van der Waals surface area contributed by atoms with Crippen LogP contribution in [0.2, 0.25) is 0 Å². The molecule has 3 nitrogen and oxygen atoms in total. The number of halogens is 3. The Bertz CT molecular complexity index is 1480. The van der Waals surface area contributed by atoms with Crippen molar-refractivity contribution in [3.63, 3.8) is 0 Å². The highest BCUT2D eigenvalue weighted by Gasteiger charge is 2.48. The van der Waals surface area contributed by atoms with E-state index in [0.717, 1.165) is 29.8 Å². The molecular weight excluding hydrogens is 489 g/mol. The van der Waals surface area contributed by atoms with E-state index in [1.165, 1.54) is 0 Å². The molecule has 0 saturated carbocycles. The molecule has 0 saturated heterocycles. The van der Waals surface area contributed by atoms with Crippen molar-refractivity contribution < 1.29 is 27.6 Å². The van der Waals surface area contributed by atoms with E-state index in [1.54, 1.807) is 72.8 Å². The van der Waals surface area contributed by atoms with Crippen LogP contribution < -0.4 is 0 Å². The van der Waals surface area contributed by atoms with Crippen LogP contribution in [-0.2, 0) is 6.18 Å². The molecule has 0 bridgehead atoms. The van der Waals surface area contributed by atoms with Gasteiger partial charge in [-0.2, -0.15) is 13.2 Å². The average molecular weight is 513 g/mol. The third kappa shape index (κ3) is 4.82. The van der Waals surface area contributed by atoms with Gasteiger partial charge in [0.1, 0.15) is 0 Å². The zero-order chi connectivity index (χ0) is 26.9. The predicted octanol–water partition coefficient (Wildman–Crippen LogP) is 7.54. The first kappa shape index (κ1) is 25.3. The van der Waals surface area contributed by atoms with E-state index in [-0.39, 0.29) is 23.6 Å². The highest BCUT2D eigenvalue weighted by molar-refractivity contribution is 6.09. The lowest BCUT2D eigenvalue weighted by molar-refractivity contribution is -0.137. The quantitative estimate of drug-likeness (QED) is 0.240. The molecule has 1 aliphatic carbocycles. The number of fused-ring (bicyclic) bond motifs is 1. The molecule has 0 radical (unpaired) electrons. The van der Waals surface area contributed by atoms with Crippen LogP contribution in [0.3, 0.4) is 0 Å². The smallest absolute Gasteiger partial charge is 0.294 e. The monoisotopic (exact) mass is 512 g/mol. The third-order valence-corrected chi connectivity index (χ3v) is 7.16. The molecule has 0 unspecified atom stereocenters. The Kier molecular flexibility index (Phi) is 6.81. The van der Waals surface area contributed by atoms with Gasteiger partial charge in [0.25, 0.3) is 0 Å². The molecule has 0 heterocycles. The second kappa shape index (κ2) is 10.2. The molecule has 0 fully saturated rings. The lowest BCUT2D eigenvalue weighted by Crippen LogP contribution is -2.29. The Morgan fingerprint density at radius 2 is 1.08 bits per heavy atom. The molecule has 4 aromatic carbocycles. The second-order valence-electron chi connectivity index (χ2n) is 9.40. The predicted molar refractivity (Wildman–Crippen MR) is 137 cm³/mol. The number of hydrogen-bond acceptors (Lipinski definition) is 3. The Hall–Kier alpha value is -4.32. The number of alkyl halides is 3. The van der Waals surface area contributed by atoms with Crippen LogP contribution in [-0.4, -0.2) is 17.3 Å². The van der Waals surface area contributed by atoms with Crippen molar-refractivity contribution >= 4 is 17.3 Å². The Morgan fingerprint density at radius 3 is 1.66 bits per heavy atom. The van der Waals surface area contributed by atoms with Crippen molar-refractivity contribution in [2.45, 2.75) is 24.4 Å². The summed E-state index contributed by atoms with van der Waals surface area (Å²) in [6.45, 7) is 0. The first-order valence-corrected chi connectivity index (χ1v) is 12.2. The first-order chi connectivity index (χ1) is 18.3. The summed E-state index contributed by atoms with van der Waals surface area (Å²) in [5, 5.41) is 0. The summed E-state index contributed by atoms with van der Waals surface area (Å²) in [5.74, 6) is -3.29. The molecular formula is C32H23F3O3. The van der Waals surface area contributed by atoms with E-state index in [0.29, 0.717) is 16.7 Å². The van der Waals surface area contributed by atoms with Gasteiger partial charge in [-0.3, -0.25) is 14.4 Å². The van der Waals surface area contributed by atoms with Crippen LogP contribution in [0.5, 0.6) is 0 Å². The van der Waals surface area contributed by atoms with E-state index in [1.807, 2.05) is 12.1 Å². The van der Waals surface area contributed by atoms with Crippen LogP contribution in [0, 0.1) is 5.92 Å². The fraction of sp³-hybridized carbons (Fsp3) is 0.156. The molecule has 5 rings (SSSR count).